The van der Waals surface area contributed by atoms with Gasteiger partial charge in [-0.25, -0.2) is 0 Å². The number of benzene rings is 4. The van der Waals surface area contributed by atoms with Crippen LogP contribution in [0, 0.1) is 32.1 Å². The standard InChI is InChI=1S/2C19H18BrNO5/c2*1-2-26-19(23)17(18(22)14-6-4-3-5-7-14)16(12-21(24)25)13-8-10-15(20)11-9-13/h2*3-11,16-17H,2,12H2,1H3/t2*16-,17-/m11/s1. The monoisotopic (exact) mass is 838 g/mol. The molecule has 0 fully saturated rings. The molecule has 0 bridgehead atoms. The molecule has 52 heavy (non-hydrogen) atoms. The highest BCUT2D eigenvalue weighted by Gasteiger charge is 2.41. The van der Waals surface area contributed by atoms with Crippen molar-refractivity contribution in [1.82, 2.24) is 0 Å². The minimum absolute atomic E-state index is 0.0862. The van der Waals surface area contributed by atoms with Gasteiger partial charge in [-0.1, -0.05) is 117 Å². The van der Waals surface area contributed by atoms with Crippen molar-refractivity contribution in [3.63, 3.8) is 0 Å². The Bertz CT molecular complexity index is 1690. The first-order chi connectivity index (χ1) is 24.9. The number of carbonyl (C=O) groups is 4. The number of Topliss-reactive ketones (excluding diaryl/α,β-unsaturated/α-hetero) is 2. The lowest BCUT2D eigenvalue weighted by Crippen LogP contribution is -2.35. The topological polar surface area (TPSA) is 173 Å². The summed E-state index contributed by atoms with van der Waals surface area (Å²) < 4.78 is 11.7. The molecule has 0 heterocycles. The molecule has 0 radical (unpaired) electrons. The quantitative estimate of drug-likeness (QED) is 0.0357. The summed E-state index contributed by atoms with van der Waals surface area (Å²) in [4.78, 5) is 72.5. The number of esters is 2. The lowest BCUT2D eigenvalue weighted by atomic mass is 9.81. The fourth-order valence-corrected chi connectivity index (χ4v) is 6.01. The Balaban J connectivity index is 0.000000280. The Morgan fingerprint density at radius 3 is 1.13 bits per heavy atom. The maximum Gasteiger partial charge on any atom is 0.317 e. The maximum absolute atomic E-state index is 13.0. The molecular formula is C38H36Br2N2O10. The smallest absolute Gasteiger partial charge is 0.317 e. The molecule has 0 aliphatic heterocycles. The van der Waals surface area contributed by atoms with Gasteiger partial charge in [-0.3, -0.25) is 39.4 Å². The van der Waals surface area contributed by atoms with Crippen LogP contribution in [0.25, 0.3) is 0 Å². The zero-order chi connectivity index (χ0) is 38.2. The van der Waals surface area contributed by atoms with Gasteiger partial charge < -0.3 is 9.47 Å². The summed E-state index contributed by atoms with van der Waals surface area (Å²) >= 11 is 6.62. The average molecular weight is 841 g/mol. The van der Waals surface area contributed by atoms with Gasteiger partial charge in [-0.15, -0.1) is 0 Å². The van der Waals surface area contributed by atoms with E-state index in [-0.39, 0.29) is 13.2 Å². The van der Waals surface area contributed by atoms with E-state index in [9.17, 15) is 39.4 Å². The number of nitro groups is 2. The lowest BCUT2D eigenvalue weighted by molar-refractivity contribution is -0.484. The number of ether oxygens (including phenoxy) is 2. The third-order valence-corrected chi connectivity index (χ3v) is 8.91. The fourth-order valence-electron chi connectivity index (χ4n) is 5.48. The van der Waals surface area contributed by atoms with E-state index in [1.54, 1.807) is 123 Å². The summed E-state index contributed by atoms with van der Waals surface area (Å²) in [7, 11) is 0. The van der Waals surface area contributed by atoms with Crippen molar-refractivity contribution in [1.29, 1.82) is 0 Å². The summed E-state index contributed by atoms with van der Waals surface area (Å²) in [6.45, 7) is 2.33. The fraction of sp³-hybridized carbons (Fsp3) is 0.263. The van der Waals surface area contributed by atoms with Crippen molar-refractivity contribution in [3.8, 4) is 0 Å². The number of nitrogens with zero attached hydrogens (tertiary/aromatic N) is 2. The van der Waals surface area contributed by atoms with Gasteiger partial charge in [0, 0.05) is 29.9 Å². The van der Waals surface area contributed by atoms with Gasteiger partial charge in [0.2, 0.25) is 13.1 Å². The maximum atomic E-state index is 13.0. The molecule has 0 unspecified atom stereocenters. The molecule has 0 N–H and O–H groups in total. The molecule has 0 saturated carbocycles. The minimum atomic E-state index is -1.29. The van der Waals surface area contributed by atoms with Crippen molar-refractivity contribution in [2.75, 3.05) is 26.3 Å². The van der Waals surface area contributed by atoms with E-state index in [1.807, 2.05) is 0 Å². The number of ketones is 2. The van der Waals surface area contributed by atoms with Crippen LogP contribution in [0.3, 0.4) is 0 Å². The Labute approximate surface area is 317 Å². The average Bonchev–Trinajstić information content (AvgIpc) is 3.12. The van der Waals surface area contributed by atoms with Crippen molar-refractivity contribution in [2.24, 2.45) is 11.8 Å². The molecule has 0 amide bonds. The Morgan fingerprint density at radius 1 is 0.558 bits per heavy atom. The number of hydrogen-bond acceptors (Lipinski definition) is 10. The molecule has 4 aromatic rings. The van der Waals surface area contributed by atoms with Gasteiger partial charge in [0.25, 0.3) is 0 Å². The molecule has 0 spiro atoms. The molecule has 0 aliphatic rings. The number of rotatable bonds is 16. The van der Waals surface area contributed by atoms with Crippen LogP contribution in [-0.2, 0) is 19.1 Å². The Hall–Kier alpha value is -5.08. The van der Waals surface area contributed by atoms with E-state index in [1.165, 1.54) is 0 Å². The summed E-state index contributed by atoms with van der Waals surface area (Å²) in [5.41, 5.74) is 1.70. The van der Waals surface area contributed by atoms with Gasteiger partial charge in [0.15, 0.2) is 11.6 Å². The molecule has 0 aromatic heterocycles. The first-order valence-corrected chi connectivity index (χ1v) is 17.7. The van der Waals surface area contributed by atoms with Crippen LogP contribution >= 0.6 is 31.9 Å². The van der Waals surface area contributed by atoms with Crippen LogP contribution in [0.2, 0.25) is 0 Å². The molecule has 4 atom stereocenters. The highest BCUT2D eigenvalue weighted by molar-refractivity contribution is 9.10. The lowest BCUT2D eigenvalue weighted by Gasteiger charge is -2.22. The molecule has 4 rings (SSSR count). The molecule has 0 saturated heterocycles. The second kappa shape index (κ2) is 20.7. The SMILES string of the molecule is CCOC(=O)[C@@H](C(=O)c1ccccc1)[C@H](C[N+](=O)[O-])c1ccc(Br)cc1.CCOC(=O)[C@@H](C(=O)c1ccccc1)[C@H](C[N+](=O)[O-])c1ccc(Br)cc1. The molecule has 4 aromatic carbocycles. The zero-order valence-corrected chi connectivity index (χ0v) is 31.4. The normalized spacial score (nSPS) is 12.8. The molecule has 0 aliphatic carbocycles. The third-order valence-electron chi connectivity index (χ3n) is 7.86. The van der Waals surface area contributed by atoms with E-state index >= 15 is 0 Å². The van der Waals surface area contributed by atoms with Crippen LogP contribution < -0.4 is 0 Å². The predicted octanol–water partition coefficient (Wildman–Crippen LogP) is 7.74. The first-order valence-electron chi connectivity index (χ1n) is 16.1. The van der Waals surface area contributed by atoms with E-state index in [0.717, 1.165) is 8.95 Å². The highest BCUT2D eigenvalue weighted by Crippen LogP contribution is 2.32. The van der Waals surface area contributed by atoms with E-state index < -0.39 is 70.1 Å². The molecule has 272 valence electrons. The van der Waals surface area contributed by atoms with Crippen molar-refractivity contribution in [3.05, 3.63) is 161 Å². The second-order valence-electron chi connectivity index (χ2n) is 11.3. The Kier molecular flexibility index (Phi) is 16.4. The second-order valence-corrected chi connectivity index (χ2v) is 13.1. The van der Waals surface area contributed by atoms with Crippen LogP contribution in [-0.4, -0.2) is 59.7 Å². The molecule has 12 nitrogen and oxygen atoms in total. The van der Waals surface area contributed by atoms with Gasteiger partial charge in [-0.05, 0) is 49.2 Å². The van der Waals surface area contributed by atoms with Crippen LogP contribution in [0.4, 0.5) is 0 Å². The zero-order valence-electron chi connectivity index (χ0n) is 28.3. The van der Waals surface area contributed by atoms with Gasteiger partial charge in [-0.2, -0.15) is 0 Å². The largest absolute Gasteiger partial charge is 0.465 e. The first kappa shape index (κ1) is 41.3. The third kappa shape index (κ3) is 12.0. The summed E-state index contributed by atoms with van der Waals surface area (Å²) in [6, 6.07) is 30.1. The molecule has 14 heteroatoms. The van der Waals surface area contributed by atoms with Gasteiger partial charge in [0.05, 0.1) is 25.0 Å². The number of halogens is 2. The van der Waals surface area contributed by atoms with Gasteiger partial charge in [0.1, 0.15) is 11.8 Å². The van der Waals surface area contributed by atoms with Crippen molar-refractivity contribution in [2.45, 2.75) is 25.7 Å². The van der Waals surface area contributed by atoms with E-state index in [4.69, 9.17) is 9.47 Å². The number of carbonyl (C=O) groups excluding carboxylic acids is 4. The summed E-state index contributed by atoms with van der Waals surface area (Å²) in [5.74, 6) is -6.91. The minimum Gasteiger partial charge on any atom is -0.465 e. The molecular weight excluding hydrogens is 804 g/mol. The van der Waals surface area contributed by atoms with Crippen molar-refractivity contribution >= 4 is 55.4 Å². The number of hydrogen-bond donors (Lipinski definition) is 0. The van der Waals surface area contributed by atoms with Gasteiger partial charge >= 0.3 is 11.9 Å². The predicted molar refractivity (Wildman–Crippen MR) is 199 cm³/mol. The van der Waals surface area contributed by atoms with Crippen LogP contribution in [0.15, 0.2) is 118 Å². The van der Waals surface area contributed by atoms with Crippen LogP contribution in [0.1, 0.15) is 57.5 Å². The highest BCUT2D eigenvalue weighted by atomic mass is 79.9. The van der Waals surface area contributed by atoms with Crippen LogP contribution in [0.5, 0.6) is 0 Å². The van der Waals surface area contributed by atoms with E-state index in [0.29, 0.717) is 22.3 Å². The summed E-state index contributed by atoms with van der Waals surface area (Å²) in [5, 5.41) is 22.5. The van der Waals surface area contributed by atoms with Crippen molar-refractivity contribution < 1.29 is 38.5 Å². The van der Waals surface area contributed by atoms with E-state index in [2.05, 4.69) is 31.9 Å². The summed E-state index contributed by atoms with van der Waals surface area (Å²) in [6.07, 6.45) is 0. The Morgan fingerprint density at radius 2 is 0.865 bits per heavy atom.